The fourth-order valence-electron chi connectivity index (χ4n) is 5.66. The van der Waals surface area contributed by atoms with E-state index in [1.165, 1.54) is 48.6 Å². The molecule has 0 spiro atoms. The summed E-state index contributed by atoms with van der Waals surface area (Å²) in [5.41, 5.74) is 2.56. The summed E-state index contributed by atoms with van der Waals surface area (Å²) in [6, 6.07) is 12.3. The van der Waals surface area contributed by atoms with Crippen molar-refractivity contribution in [3.63, 3.8) is 0 Å². The maximum absolute atomic E-state index is 14.5. The van der Waals surface area contributed by atoms with Crippen LogP contribution in [-0.4, -0.2) is 70.0 Å². The number of halogens is 1. The number of terminal acetylenes is 1. The number of anilines is 3. The lowest BCUT2D eigenvalue weighted by Gasteiger charge is -2.57. The van der Waals surface area contributed by atoms with E-state index < -0.39 is 11.7 Å². The van der Waals surface area contributed by atoms with E-state index in [0.29, 0.717) is 5.57 Å². The molecule has 8 nitrogen and oxygen atoms in total. The lowest BCUT2D eigenvalue weighted by Crippen LogP contribution is -2.66. The number of piperidine rings is 1. The van der Waals surface area contributed by atoms with Gasteiger partial charge in [0.15, 0.2) is 5.82 Å². The van der Waals surface area contributed by atoms with Crippen molar-refractivity contribution in [2.45, 2.75) is 44.3 Å². The van der Waals surface area contributed by atoms with Crippen molar-refractivity contribution in [2.24, 2.45) is 0 Å². The second kappa shape index (κ2) is 12.5. The molecule has 0 aliphatic carbocycles. The van der Waals surface area contributed by atoms with Crippen LogP contribution in [0.25, 0.3) is 5.57 Å². The van der Waals surface area contributed by atoms with Crippen LogP contribution in [0.1, 0.15) is 31.9 Å². The van der Waals surface area contributed by atoms with Gasteiger partial charge in [0.2, 0.25) is 5.95 Å². The van der Waals surface area contributed by atoms with Gasteiger partial charge in [-0.25, -0.2) is 14.4 Å². The van der Waals surface area contributed by atoms with Gasteiger partial charge in [0.1, 0.15) is 12.2 Å². The zero-order chi connectivity index (χ0) is 28.1. The molecule has 2 atom stereocenters. The summed E-state index contributed by atoms with van der Waals surface area (Å²) in [5, 5.41) is 14.1. The zero-order valence-electron chi connectivity index (χ0n) is 22.4. The average molecular weight is 558 g/mol. The predicted octanol–water partition coefficient (Wildman–Crippen LogP) is 4.12. The van der Waals surface area contributed by atoms with Gasteiger partial charge in [-0.2, -0.15) is 17.0 Å². The Kier molecular flexibility index (Phi) is 8.69. The number of nitrogens with one attached hydrogen (secondary N) is 2. The van der Waals surface area contributed by atoms with E-state index in [9.17, 15) is 9.18 Å². The van der Waals surface area contributed by atoms with Crippen LogP contribution < -0.4 is 15.5 Å². The van der Waals surface area contributed by atoms with Crippen molar-refractivity contribution in [3.05, 3.63) is 59.7 Å². The molecule has 2 unspecified atom stereocenters. The highest BCUT2D eigenvalue weighted by atomic mass is 32.2. The number of carbonyl (C=O) groups excluding carboxylic acids is 1. The van der Waals surface area contributed by atoms with Crippen molar-refractivity contribution in [2.75, 3.05) is 41.4 Å². The monoisotopic (exact) mass is 557 g/mol. The third-order valence-electron chi connectivity index (χ3n) is 7.73. The van der Waals surface area contributed by atoms with Crippen molar-refractivity contribution in [1.82, 2.24) is 20.2 Å². The largest absolute Gasteiger partial charge is 0.371 e. The Morgan fingerprint density at radius 2 is 1.93 bits per heavy atom. The minimum atomic E-state index is -0.594. The van der Waals surface area contributed by atoms with Crippen LogP contribution in [0, 0.1) is 29.5 Å². The third kappa shape index (κ3) is 6.14. The summed E-state index contributed by atoms with van der Waals surface area (Å²) in [6.45, 7) is 3.63. The first-order chi connectivity index (χ1) is 19.5. The van der Waals surface area contributed by atoms with Crippen LogP contribution in [0.4, 0.5) is 21.7 Å². The van der Waals surface area contributed by atoms with Gasteiger partial charge in [0.25, 0.3) is 5.91 Å². The van der Waals surface area contributed by atoms with Crippen molar-refractivity contribution >= 4 is 40.6 Å². The van der Waals surface area contributed by atoms with Crippen LogP contribution in [0.2, 0.25) is 0 Å². The summed E-state index contributed by atoms with van der Waals surface area (Å²) in [7, 11) is 0. The van der Waals surface area contributed by atoms with Crippen LogP contribution in [-0.2, 0) is 4.79 Å². The Morgan fingerprint density at radius 3 is 2.58 bits per heavy atom. The molecule has 3 aliphatic rings. The van der Waals surface area contributed by atoms with E-state index in [2.05, 4.69) is 60.2 Å². The second-order valence-electron chi connectivity index (χ2n) is 10.2. The maximum Gasteiger partial charge on any atom is 0.260 e. The summed E-state index contributed by atoms with van der Waals surface area (Å²) >= 11 is 2.11. The Hall–Kier alpha value is -3.86. The SMILES string of the molecule is C#CC(=CC=C(C)c1nc(Nc2ccc(N3CCC(N4C5CSCC4C5)CC3)cc2)ncc1F)C(=O)NCC#N. The topological polar surface area (TPSA) is 97.2 Å². The number of fused-ring (bicyclic) bond motifs is 2. The van der Waals surface area contributed by atoms with Crippen LogP contribution in [0.15, 0.2) is 48.2 Å². The molecule has 0 radical (unpaired) electrons. The maximum atomic E-state index is 14.5. The molecule has 2 N–H and O–H groups in total. The minimum Gasteiger partial charge on any atom is -0.371 e. The normalized spacial score (nSPS) is 21.6. The number of amides is 1. The Bertz CT molecular complexity index is 1370. The number of nitriles is 1. The molecule has 0 saturated carbocycles. The summed E-state index contributed by atoms with van der Waals surface area (Å²) in [4.78, 5) is 25.7. The quantitative estimate of drug-likeness (QED) is 0.217. The number of carbonyl (C=O) groups is 1. The highest BCUT2D eigenvalue weighted by molar-refractivity contribution is 7.99. The molecule has 10 heteroatoms. The first-order valence-electron chi connectivity index (χ1n) is 13.5. The molecule has 4 heterocycles. The molecule has 40 heavy (non-hydrogen) atoms. The standard InChI is InChI=1S/C30H32FN7OS/c1-3-21(29(39)33-13-12-32)5-4-20(2)28-27(31)17-34-30(36-28)35-22-6-8-23(9-7-22)37-14-10-24(11-15-37)38-25-16-26(38)19-40-18-25/h1,4-9,17,24-26H,10-11,13-16,18-19H2,2H3,(H,33,39)(H,34,35,36). The molecule has 2 bridgehead atoms. The number of hydrogen-bond acceptors (Lipinski definition) is 8. The Morgan fingerprint density at radius 1 is 1.20 bits per heavy atom. The molecule has 1 aromatic heterocycles. The van der Waals surface area contributed by atoms with Crippen molar-refractivity contribution in [3.8, 4) is 18.4 Å². The lowest BCUT2D eigenvalue weighted by molar-refractivity contribution is -0.116. The Labute approximate surface area is 238 Å². The zero-order valence-corrected chi connectivity index (χ0v) is 23.3. The second-order valence-corrected chi connectivity index (χ2v) is 11.3. The summed E-state index contributed by atoms with van der Waals surface area (Å²) < 4.78 is 14.5. The summed E-state index contributed by atoms with van der Waals surface area (Å²) in [5.74, 6) is 3.98. The van der Waals surface area contributed by atoms with Crippen molar-refractivity contribution < 1.29 is 9.18 Å². The molecule has 1 amide bonds. The number of thioether (sulfide) groups is 1. The first kappa shape index (κ1) is 27.7. The fraction of sp³-hybridized carbons (Fsp3) is 0.400. The molecule has 3 aliphatic heterocycles. The smallest absolute Gasteiger partial charge is 0.260 e. The highest BCUT2D eigenvalue weighted by Gasteiger charge is 2.45. The first-order valence-corrected chi connectivity index (χ1v) is 14.6. The molecule has 5 rings (SSSR count). The average Bonchev–Trinajstić information content (AvgIpc) is 2.98. The van der Waals surface area contributed by atoms with E-state index in [4.69, 9.17) is 11.7 Å². The lowest BCUT2D eigenvalue weighted by atomic mass is 9.88. The van der Waals surface area contributed by atoms with Gasteiger partial charge in [-0.1, -0.05) is 12.0 Å². The number of aromatic nitrogens is 2. The van der Waals surface area contributed by atoms with Gasteiger partial charge in [-0.05, 0) is 62.1 Å². The van der Waals surface area contributed by atoms with E-state index >= 15 is 0 Å². The number of benzene rings is 1. The minimum absolute atomic E-state index is 0.0222. The van der Waals surface area contributed by atoms with E-state index in [-0.39, 0.29) is 23.8 Å². The van der Waals surface area contributed by atoms with Gasteiger partial charge >= 0.3 is 0 Å². The van der Waals surface area contributed by atoms with E-state index in [0.717, 1.165) is 43.1 Å². The molecular formula is C30H32FN7OS. The molecular weight excluding hydrogens is 525 g/mol. The number of rotatable bonds is 8. The van der Waals surface area contributed by atoms with Gasteiger partial charge in [-0.3, -0.25) is 9.69 Å². The molecule has 2 aromatic rings. The van der Waals surface area contributed by atoms with Crippen LogP contribution >= 0.6 is 11.8 Å². The van der Waals surface area contributed by atoms with Gasteiger partial charge in [0, 0.05) is 54.1 Å². The molecule has 206 valence electrons. The number of nitrogens with zero attached hydrogens (tertiary/aromatic N) is 5. The number of allylic oxidation sites excluding steroid dienone is 3. The molecule has 1 aromatic carbocycles. The Balaban J connectivity index is 1.19. The van der Waals surface area contributed by atoms with Crippen LogP contribution in [0.3, 0.4) is 0 Å². The van der Waals surface area contributed by atoms with Crippen molar-refractivity contribution in [1.29, 1.82) is 5.26 Å². The van der Waals surface area contributed by atoms with Gasteiger partial charge in [0.05, 0.1) is 17.8 Å². The van der Waals surface area contributed by atoms with Gasteiger partial charge in [-0.15, -0.1) is 6.42 Å². The molecule has 3 saturated heterocycles. The third-order valence-corrected chi connectivity index (χ3v) is 8.97. The van der Waals surface area contributed by atoms with Crippen LogP contribution in [0.5, 0.6) is 0 Å². The molecule has 3 fully saturated rings. The highest BCUT2D eigenvalue weighted by Crippen LogP contribution is 2.40. The van der Waals surface area contributed by atoms with E-state index in [1.54, 1.807) is 6.92 Å². The van der Waals surface area contributed by atoms with Gasteiger partial charge < -0.3 is 15.5 Å². The summed E-state index contributed by atoms with van der Waals surface area (Å²) in [6.07, 6.45) is 13.2. The van der Waals surface area contributed by atoms with E-state index in [1.807, 2.05) is 18.2 Å². The predicted molar refractivity (Wildman–Crippen MR) is 157 cm³/mol. The number of hydrogen-bond donors (Lipinski definition) is 2. The fourth-order valence-corrected chi connectivity index (χ4v) is 6.96.